The first-order valence-corrected chi connectivity index (χ1v) is 6.70. The van der Waals surface area contributed by atoms with E-state index >= 15 is 0 Å². The number of hydrogen-bond acceptors (Lipinski definition) is 3. The quantitative estimate of drug-likeness (QED) is 0.879. The molecule has 0 amide bonds. The topological polar surface area (TPSA) is 41.5 Å². The SMILES string of the molecule is COc1cc(C)c(C(C)(O)CNC(C)(C)C)cc1C. The number of nitrogens with one attached hydrogen (secondary N) is 1. The van der Waals surface area contributed by atoms with Gasteiger partial charge in [0.25, 0.3) is 0 Å². The Kier molecular flexibility index (Phi) is 4.64. The lowest BCUT2D eigenvalue weighted by atomic mass is 9.89. The fourth-order valence-corrected chi connectivity index (χ4v) is 2.12. The van der Waals surface area contributed by atoms with E-state index in [9.17, 15) is 5.11 Å². The molecule has 0 aliphatic carbocycles. The van der Waals surface area contributed by atoms with E-state index in [-0.39, 0.29) is 5.54 Å². The maximum absolute atomic E-state index is 10.7. The van der Waals surface area contributed by atoms with Gasteiger partial charge in [-0.15, -0.1) is 0 Å². The maximum atomic E-state index is 10.7. The average molecular weight is 265 g/mol. The third-order valence-electron chi connectivity index (χ3n) is 3.29. The van der Waals surface area contributed by atoms with Crippen molar-refractivity contribution < 1.29 is 9.84 Å². The predicted octanol–water partition coefficient (Wildman–Crippen LogP) is 2.91. The molecule has 2 N–H and O–H groups in total. The van der Waals surface area contributed by atoms with Gasteiger partial charge in [0.1, 0.15) is 5.75 Å². The van der Waals surface area contributed by atoms with Crippen LogP contribution in [-0.4, -0.2) is 24.3 Å². The number of rotatable bonds is 4. The zero-order valence-corrected chi connectivity index (χ0v) is 13.2. The smallest absolute Gasteiger partial charge is 0.122 e. The van der Waals surface area contributed by atoms with Crippen molar-refractivity contribution in [1.82, 2.24) is 5.32 Å². The average Bonchev–Trinajstić information content (AvgIpc) is 2.28. The zero-order chi connectivity index (χ0) is 14.8. The third-order valence-corrected chi connectivity index (χ3v) is 3.29. The van der Waals surface area contributed by atoms with E-state index in [1.165, 1.54) is 0 Å². The lowest BCUT2D eigenvalue weighted by molar-refractivity contribution is 0.0494. The first-order valence-electron chi connectivity index (χ1n) is 6.70. The molecular weight excluding hydrogens is 238 g/mol. The van der Waals surface area contributed by atoms with E-state index in [1.807, 2.05) is 32.9 Å². The standard InChI is InChI=1S/C16H27NO2/c1-11-9-14(19-7)12(2)8-13(11)16(6,18)10-17-15(3,4)5/h8-9,17-18H,10H2,1-7H3. The second-order valence-corrected chi connectivity index (χ2v) is 6.51. The van der Waals surface area contributed by atoms with Crippen LogP contribution in [0, 0.1) is 13.8 Å². The van der Waals surface area contributed by atoms with Crippen molar-refractivity contribution >= 4 is 0 Å². The molecule has 0 aliphatic heterocycles. The Morgan fingerprint density at radius 3 is 2.16 bits per heavy atom. The molecule has 1 unspecified atom stereocenters. The molecule has 0 radical (unpaired) electrons. The molecule has 0 aliphatic rings. The lowest BCUT2D eigenvalue weighted by Gasteiger charge is -2.31. The van der Waals surface area contributed by atoms with Gasteiger partial charge < -0.3 is 15.2 Å². The Bertz CT molecular complexity index is 445. The molecule has 0 bridgehead atoms. The molecule has 0 fully saturated rings. The highest BCUT2D eigenvalue weighted by Crippen LogP contribution is 2.30. The van der Waals surface area contributed by atoms with Crippen LogP contribution in [0.2, 0.25) is 0 Å². The van der Waals surface area contributed by atoms with Gasteiger partial charge in [-0.25, -0.2) is 0 Å². The van der Waals surface area contributed by atoms with Crippen LogP contribution in [-0.2, 0) is 5.60 Å². The maximum Gasteiger partial charge on any atom is 0.122 e. The summed E-state index contributed by atoms with van der Waals surface area (Å²) in [5.41, 5.74) is 2.12. The molecule has 108 valence electrons. The minimum atomic E-state index is -0.894. The summed E-state index contributed by atoms with van der Waals surface area (Å²) in [7, 11) is 1.67. The Labute approximate surface area is 117 Å². The Hall–Kier alpha value is -1.06. The second-order valence-electron chi connectivity index (χ2n) is 6.51. The summed E-state index contributed by atoms with van der Waals surface area (Å²) in [5.74, 6) is 0.862. The van der Waals surface area contributed by atoms with Crippen molar-refractivity contribution in [3.05, 3.63) is 28.8 Å². The number of hydrogen-bond donors (Lipinski definition) is 2. The van der Waals surface area contributed by atoms with Crippen molar-refractivity contribution in [2.45, 2.75) is 52.7 Å². The molecule has 19 heavy (non-hydrogen) atoms. The fourth-order valence-electron chi connectivity index (χ4n) is 2.12. The van der Waals surface area contributed by atoms with Crippen LogP contribution in [0.3, 0.4) is 0 Å². The molecule has 1 aromatic carbocycles. The van der Waals surface area contributed by atoms with Crippen molar-refractivity contribution in [3.63, 3.8) is 0 Å². The summed E-state index contributed by atoms with van der Waals surface area (Å²) in [6.07, 6.45) is 0. The van der Waals surface area contributed by atoms with Crippen LogP contribution in [0.5, 0.6) is 5.75 Å². The van der Waals surface area contributed by atoms with E-state index in [1.54, 1.807) is 7.11 Å². The number of β-amino-alcohol motifs (C(OH)–C–C–N with tert-alkyl or cyclic N) is 1. The molecule has 3 nitrogen and oxygen atoms in total. The highest BCUT2D eigenvalue weighted by Gasteiger charge is 2.27. The molecule has 1 aromatic rings. The van der Waals surface area contributed by atoms with Crippen molar-refractivity contribution in [1.29, 1.82) is 0 Å². The molecule has 0 saturated heterocycles. The molecule has 1 rings (SSSR count). The van der Waals surface area contributed by atoms with E-state index in [0.29, 0.717) is 6.54 Å². The normalized spacial score (nSPS) is 15.2. The molecule has 3 heteroatoms. The summed E-state index contributed by atoms with van der Waals surface area (Å²) in [6, 6.07) is 3.99. The van der Waals surface area contributed by atoms with E-state index in [0.717, 1.165) is 22.4 Å². The van der Waals surface area contributed by atoms with Crippen molar-refractivity contribution in [2.75, 3.05) is 13.7 Å². The van der Waals surface area contributed by atoms with E-state index in [2.05, 4.69) is 26.1 Å². The number of benzene rings is 1. The highest BCUT2D eigenvalue weighted by atomic mass is 16.5. The van der Waals surface area contributed by atoms with E-state index in [4.69, 9.17) is 4.74 Å². The van der Waals surface area contributed by atoms with Gasteiger partial charge in [0.05, 0.1) is 12.7 Å². The minimum absolute atomic E-state index is 0.0145. The van der Waals surface area contributed by atoms with Gasteiger partial charge in [0, 0.05) is 12.1 Å². The monoisotopic (exact) mass is 265 g/mol. The summed E-state index contributed by atoms with van der Waals surface area (Å²) in [4.78, 5) is 0. The Balaban J connectivity index is 3.04. The Morgan fingerprint density at radius 1 is 1.11 bits per heavy atom. The summed E-state index contributed by atoms with van der Waals surface area (Å²) in [5, 5.41) is 14.1. The number of ether oxygens (including phenoxy) is 1. The first kappa shape index (κ1) is 16.0. The van der Waals surface area contributed by atoms with Gasteiger partial charge in [0.15, 0.2) is 0 Å². The first-order chi connectivity index (χ1) is 8.57. The second kappa shape index (κ2) is 5.51. The predicted molar refractivity (Wildman–Crippen MR) is 79.8 cm³/mol. The Morgan fingerprint density at radius 2 is 1.68 bits per heavy atom. The number of aryl methyl sites for hydroxylation is 2. The molecule has 1 atom stereocenters. The van der Waals surface area contributed by atoms with Crippen LogP contribution in [0.1, 0.15) is 44.4 Å². The van der Waals surface area contributed by atoms with Gasteiger partial charge in [-0.05, 0) is 70.4 Å². The van der Waals surface area contributed by atoms with Gasteiger partial charge in [-0.3, -0.25) is 0 Å². The van der Waals surface area contributed by atoms with Gasteiger partial charge >= 0.3 is 0 Å². The number of methoxy groups -OCH3 is 1. The summed E-state index contributed by atoms with van der Waals surface area (Å²) in [6.45, 7) is 12.6. The molecule has 0 aromatic heterocycles. The highest BCUT2D eigenvalue weighted by molar-refractivity contribution is 5.43. The molecule has 0 heterocycles. The van der Waals surface area contributed by atoms with E-state index < -0.39 is 5.60 Å². The van der Waals surface area contributed by atoms with Gasteiger partial charge in [-0.2, -0.15) is 0 Å². The fraction of sp³-hybridized carbons (Fsp3) is 0.625. The minimum Gasteiger partial charge on any atom is -0.496 e. The van der Waals surface area contributed by atoms with Crippen LogP contribution >= 0.6 is 0 Å². The summed E-state index contributed by atoms with van der Waals surface area (Å²) >= 11 is 0. The third kappa shape index (κ3) is 4.22. The lowest BCUT2D eigenvalue weighted by Crippen LogP contribution is -2.45. The molecule has 0 saturated carbocycles. The largest absolute Gasteiger partial charge is 0.496 e. The van der Waals surface area contributed by atoms with Gasteiger partial charge in [0.2, 0.25) is 0 Å². The van der Waals surface area contributed by atoms with Crippen molar-refractivity contribution in [3.8, 4) is 5.75 Å². The summed E-state index contributed by atoms with van der Waals surface area (Å²) < 4.78 is 5.31. The van der Waals surface area contributed by atoms with Crippen LogP contribution in [0.4, 0.5) is 0 Å². The van der Waals surface area contributed by atoms with Crippen molar-refractivity contribution in [2.24, 2.45) is 0 Å². The van der Waals surface area contributed by atoms with Crippen LogP contribution < -0.4 is 10.1 Å². The van der Waals surface area contributed by atoms with Crippen LogP contribution in [0.25, 0.3) is 0 Å². The zero-order valence-electron chi connectivity index (χ0n) is 13.2. The van der Waals surface area contributed by atoms with Gasteiger partial charge in [-0.1, -0.05) is 0 Å². The molecular formula is C16H27NO2. The number of aliphatic hydroxyl groups is 1. The molecule has 0 spiro atoms. The van der Waals surface area contributed by atoms with Crippen LogP contribution in [0.15, 0.2) is 12.1 Å².